The molecule has 0 aromatic carbocycles. The number of carbonyl (C=O) groups excluding carboxylic acids is 1. The second-order valence-electron chi connectivity index (χ2n) is 10.6. The quantitative estimate of drug-likeness (QED) is 0.451. The van der Waals surface area contributed by atoms with Crippen LogP contribution < -0.4 is 0 Å². The Labute approximate surface area is 162 Å². The van der Waals surface area contributed by atoms with Crippen LogP contribution in [-0.2, 0) is 14.3 Å². The van der Waals surface area contributed by atoms with Crippen molar-refractivity contribution in [3.63, 3.8) is 0 Å². The van der Waals surface area contributed by atoms with Gasteiger partial charge in [0.2, 0.25) is 0 Å². The number of hydrogen-bond donors (Lipinski definition) is 1. The van der Waals surface area contributed by atoms with Gasteiger partial charge in [0.1, 0.15) is 11.7 Å². The summed E-state index contributed by atoms with van der Waals surface area (Å²) in [4.78, 5) is 11.5. The molecule has 5 aliphatic rings. The van der Waals surface area contributed by atoms with Gasteiger partial charge in [-0.2, -0.15) is 0 Å². The molecule has 5 fully saturated rings. The first kappa shape index (κ1) is 18.2. The molecule has 1 aliphatic heterocycles. The third-order valence-corrected chi connectivity index (χ3v) is 9.93. The second-order valence-corrected chi connectivity index (χ2v) is 10.6. The van der Waals surface area contributed by atoms with E-state index in [2.05, 4.69) is 20.4 Å². The van der Waals surface area contributed by atoms with E-state index < -0.39 is 5.60 Å². The molecular formula is C23H34O4. The van der Waals surface area contributed by atoms with Gasteiger partial charge in [0.25, 0.3) is 0 Å². The number of aliphatic hydroxyl groups is 1. The molecule has 0 radical (unpaired) electrons. The van der Waals surface area contributed by atoms with Gasteiger partial charge in [-0.3, -0.25) is 4.79 Å². The van der Waals surface area contributed by atoms with E-state index in [-0.39, 0.29) is 28.5 Å². The predicted octanol–water partition coefficient (Wildman–Crippen LogP) is 4.01. The van der Waals surface area contributed by atoms with E-state index in [1.807, 2.05) is 6.08 Å². The summed E-state index contributed by atoms with van der Waals surface area (Å²) in [6.45, 7) is 10.2. The Balaban J connectivity index is 1.44. The van der Waals surface area contributed by atoms with Gasteiger partial charge in [0, 0.05) is 24.2 Å². The molecule has 5 rings (SSSR count). The zero-order valence-corrected chi connectivity index (χ0v) is 17.0. The minimum absolute atomic E-state index is 0.0170. The molecule has 4 saturated carbocycles. The molecule has 4 heteroatoms. The predicted molar refractivity (Wildman–Crippen MR) is 102 cm³/mol. The van der Waals surface area contributed by atoms with Crippen LogP contribution in [0.2, 0.25) is 0 Å². The summed E-state index contributed by atoms with van der Waals surface area (Å²) in [6, 6.07) is 0. The van der Waals surface area contributed by atoms with Gasteiger partial charge in [-0.25, -0.2) is 0 Å². The highest BCUT2D eigenvalue weighted by Crippen LogP contribution is 2.74. The largest absolute Gasteiger partial charge is 0.462 e. The van der Waals surface area contributed by atoms with Crippen LogP contribution in [0, 0.1) is 28.6 Å². The van der Waals surface area contributed by atoms with Gasteiger partial charge in [-0.05, 0) is 62.7 Å². The summed E-state index contributed by atoms with van der Waals surface area (Å²) in [5.74, 6) is 1.67. The Morgan fingerprint density at radius 2 is 1.81 bits per heavy atom. The summed E-state index contributed by atoms with van der Waals surface area (Å²) >= 11 is 0. The molecule has 1 saturated heterocycles. The number of rotatable bonds is 2. The third kappa shape index (κ3) is 2.09. The molecule has 9 atom stereocenters. The lowest BCUT2D eigenvalue weighted by Gasteiger charge is -2.60. The normalized spacial score (nSPS) is 58.3. The monoisotopic (exact) mass is 374 g/mol. The van der Waals surface area contributed by atoms with Crippen LogP contribution in [0.1, 0.15) is 72.1 Å². The Kier molecular flexibility index (Phi) is 3.62. The highest BCUT2D eigenvalue weighted by molar-refractivity contribution is 5.66. The maximum atomic E-state index is 11.5. The maximum absolute atomic E-state index is 11.5. The lowest BCUT2D eigenvalue weighted by atomic mass is 9.44. The van der Waals surface area contributed by atoms with E-state index in [1.165, 1.54) is 13.3 Å². The van der Waals surface area contributed by atoms with Crippen molar-refractivity contribution in [3.05, 3.63) is 12.7 Å². The molecule has 7 unspecified atom stereocenters. The van der Waals surface area contributed by atoms with Crippen molar-refractivity contribution >= 4 is 5.97 Å². The van der Waals surface area contributed by atoms with E-state index in [0.717, 1.165) is 44.9 Å². The highest BCUT2D eigenvalue weighted by atomic mass is 16.6. The van der Waals surface area contributed by atoms with E-state index in [9.17, 15) is 9.90 Å². The summed E-state index contributed by atoms with van der Waals surface area (Å²) in [5.41, 5.74) is -0.660. The summed E-state index contributed by atoms with van der Waals surface area (Å²) in [6.07, 6.45) is 10.4. The van der Waals surface area contributed by atoms with Crippen LogP contribution >= 0.6 is 0 Å². The summed E-state index contributed by atoms with van der Waals surface area (Å²) in [5, 5.41) is 11.2. The fourth-order valence-corrected chi connectivity index (χ4v) is 8.36. The van der Waals surface area contributed by atoms with E-state index >= 15 is 0 Å². The van der Waals surface area contributed by atoms with Crippen LogP contribution in [0.3, 0.4) is 0 Å². The van der Waals surface area contributed by atoms with Crippen molar-refractivity contribution in [3.8, 4) is 0 Å². The average molecular weight is 375 g/mol. The second kappa shape index (κ2) is 5.38. The van der Waals surface area contributed by atoms with Gasteiger partial charge in [0.15, 0.2) is 0 Å². The fraction of sp³-hybridized carbons (Fsp3) is 0.870. The maximum Gasteiger partial charge on any atom is 0.302 e. The molecule has 1 heterocycles. The van der Waals surface area contributed by atoms with Crippen LogP contribution in [0.15, 0.2) is 12.7 Å². The van der Waals surface area contributed by atoms with Gasteiger partial charge >= 0.3 is 5.97 Å². The van der Waals surface area contributed by atoms with Crippen molar-refractivity contribution in [2.24, 2.45) is 28.6 Å². The first-order valence-electron chi connectivity index (χ1n) is 10.9. The van der Waals surface area contributed by atoms with Crippen LogP contribution in [0.5, 0.6) is 0 Å². The van der Waals surface area contributed by atoms with Crippen molar-refractivity contribution in [2.75, 3.05) is 0 Å². The molecule has 0 bridgehead atoms. The number of fused-ring (bicyclic) bond motifs is 4. The van der Waals surface area contributed by atoms with Crippen LogP contribution in [0.4, 0.5) is 0 Å². The first-order valence-corrected chi connectivity index (χ1v) is 10.9. The lowest BCUT2D eigenvalue weighted by molar-refractivity contribution is -0.160. The zero-order chi connectivity index (χ0) is 19.2. The number of hydrogen-bond acceptors (Lipinski definition) is 4. The first-order chi connectivity index (χ1) is 12.7. The fourth-order valence-electron chi connectivity index (χ4n) is 8.36. The molecule has 4 aliphatic carbocycles. The molecular weight excluding hydrogens is 340 g/mol. The van der Waals surface area contributed by atoms with E-state index in [0.29, 0.717) is 23.9 Å². The zero-order valence-electron chi connectivity index (χ0n) is 17.0. The minimum Gasteiger partial charge on any atom is -0.462 e. The average Bonchev–Trinajstić information content (AvgIpc) is 3.24. The molecule has 0 aromatic rings. The third-order valence-electron chi connectivity index (χ3n) is 9.93. The topological polar surface area (TPSA) is 59.1 Å². The van der Waals surface area contributed by atoms with Crippen molar-refractivity contribution in [1.29, 1.82) is 0 Å². The molecule has 1 N–H and O–H groups in total. The van der Waals surface area contributed by atoms with Gasteiger partial charge in [-0.1, -0.05) is 19.9 Å². The summed E-state index contributed by atoms with van der Waals surface area (Å²) < 4.78 is 12.0. The minimum atomic E-state index is -0.713. The number of carbonyl (C=O) groups is 1. The van der Waals surface area contributed by atoms with E-state index in [4.69, 9.17) is 9.47 Å². The molecule has 1 spiro atoms. The molecule has 0 aromatic heterocycles. The van der Waals surface area contributed by atoms with Gasteiger partial charge in [0.05, 0.1) is 11.7 Å². The molecule has 150 valence electrons. The summed E-state index contributed by atoms with van der Waals surface area (Å²) in [7, 11) is 0. The van der Waals surface area contributed by atoms with Gasteiger partial charge in [-0.15, -0.1) is 6.58 Å². The Morgan fingerprint density at radius 1 is 1.15 bits per heavy atom. The number of epoxide rings is 1. The molecule has 0 amide bonds. The standard InChI is InChI=1S/C23H34O4/c1-5-22(25)11-8-17-16-12-19-23(27-19)13-15(26-14(2)24)6-9-21(23,4)18(16)7-10-20(17,22)3/h5,15-19,25H,1,6-13H2,2-4H3/t15?,16?,17?,18?,19?,20?,21?,22-,23-/m0/s1. The van der Waals surface area contributed by atoms with Crippen LogP contribution in [0.25, 0.3) is 0 Å². The Hall–Kier alpha value is -0.870. The van der Waals surface area contributed by atoms with Gasteiger partial charge < -0.3 is 14.6 Å². The van der Waals surface area contributed by atoms with Crippen LogP contribution in [-0.4, -0.2) is 34.5 Å². The molecule has 27 heavy (non-hydrogen) atoms. The van der Waals surface area contributed by atoms with Crippen molar-refractivity contribution in [2.45, 2.75) is 95.5 Å². The lowest BCUT2D eigenvalue weighted by Crippen LogP contribution is -2.60. The Bertz CT molecular complexity index is 690. The van der Waals surface area contributed by atoms with Crippen molar-refractivity contribution < 1.29 is 19.4 Å². The number of ether oxygens (including phenoxy) is 2. The Morgan fingerprint density at radius 3 is 2.52 bits per heavy atom. The SMILES string of the molecule is C=C[C@]1(O)CCC2C3CC4O[C@@]45CC(OC(C)=O)CCC5(C)C3CCC21C. The van der Waals surface area contributed by atoms with E-state index in [1.54, 1.807) is 0 Å². The number of esters is 1. The smallest absolute Gasteiger partial charge is 0.302 e. The van der Waals surface area contributed by atoms with Crippen molar-refractivity contribution in [1.82, 2.24) is 0 Å². The highest BCUT2D eigenvalue weighted by Gasteiger charge is 2.77. The molecule has 4 nitrogen and oxygen atoms in total.